The molecule has 1 amide bonds. The lowest BCUT2D eigenvalue weighted by Gasteiger charge is -2.36. The second-order valence-corrected chi connectivity index (χ2v) is 8.14. The first kappa shape index (κ1) is 22.1. The van der Waals surface area contributed by atoms with Crippen molar-refractivity contribution in [1.82, 2.24) is 14.5 Å². The van der Waals surface area contributed by atoms with Crippen molar-refractivity contribution in [3.63, 3.8) is 0 Å². The molecule has 0 spiro atoms. The molecule has 4 rings (SSSR count). The predicted octanol–water partition coefficient (Wildman–Crippen LogP) is 1.35. The summed E-state index contributed by atoms with van der Waals surface area (Å²) in [4.78, 5) is 36.8. The number of ether oxygens (including phenoxy) is 2. The summed E-state index contributed by atoms with van der Waals surface area (Å²) in [6, 6.07) is 9.38. The Labute approximate surface area is 188 Å². The minimum atomic E-state index is -0.213. The van der Waals surface area contributed by atoms with Crippen molar-refractivity contribution in [2.75, 3.05) is 63.3 Å². The summed E-state index contributed by atoms with van der Waals surface area (Å²) >= 11 is 0. The zero-order valence-corrected chi connectivity index (χ0v) is 18.8. The van der Waals surface area contributed by atoms with E-state index >= 15 is 0 Å². The molecule has 2 aliphatic rings. The summed E-state index contributed by atoms with van der Waals surface area (Å²) in [5.41, 5.74) is 1.41. The Morgan fingerprint density at radius 1 is 1.00 bits per heavy atom. The minimum absolute atomic E-state index is 0.000410. The second kappa shape index (κ2) is 10.0. The molecule has 0 saturated carbocycles. The van der Waals surface area contributed by atoms with E-state index < -0.39 is 0 Å². The van der Waals surface area contributed by atoms with Crippen molar-refractivity contribution in [2.24, 2.45) is 0 Å². The molecular formula is C23H31N5O4. The van der Waals surface area contributed by atoms with Gasteiger partial charge in [0.05, 0.1) is 25.1 Å². The molecule has 1 aromatic carbocycles. The normalized spacial score (nSPS) is 16.5. The molecule has 9 heteroatoms. The molecule has 2 aromatic rings. The number of benzene rings is 1. The Balaban J connectivity index is 1.47. The maximum Gasteiger partial charge on any atom is 0.255 e. The summed E-state index contributed by atoms with van der Waals surface area (Å²) in [5, 5.41) is 0. The molecular weight excluding hydrogens is 410 g/mol. The number of rotatable bonds is 7. The Hall–Kier alpha value is -3.07. The molecule has 1 aromatic heterocycles. The summed E-state index contributed by atoms with van der Waals surface area (Å²) < 4.78 is 12.1. The summed E-state index contributed by atoms with van der Waals surface area (Å²) in [6.07, 6.45) is 2.12. The lowest BCUT2D eigenvalue weighted by molar-refractivity contribution is -0.132. The third-order valence-corrected chi connectivity index (χ3v) is 6.07. The van der Waals surface area contributed by atoms with Gasteiger partial charge in [0.1, 0.15) is 12.3 Å². The van der Waals surface area contributed by atoms with Crippen LogP contribution in [-0.2, 0) is 22.7 Å². The van der Waals surface area contributed by atoms with Crippen LogP contribution in [0.5, 0.6) is 5.75 Å². The molecule has 0 aliphatic carbocycles. The number of hydrogen-bond acceptors (Lipinski definition) is 7. The average molecular weight is 442 g/mol. The van der Waals surface area contributed by atoms with Gasteiger partial charge < -0.3 is 24.2 Å². The Kier molecular flexibility index (Phi) is 6.94. The number of methoxy groups -OCH3 is 2. The highest BCUT2D eigenvalue weighted by Gasteiger charge is 2.26. The van der Waals surface area contributed by atoms with Crippen LogP contribution in [0.2, 0.25) is 0 Å². The number of piperazine rings is 1. The van der Waals surface area contributed by atoms with E-state index in [2.05, 4.69) is 14.8 Å². The van der Waals surface area contributed by atoms with Gasteiger partial charge in [0.15, 0.2) is 0 Å². The van der Waals surface area contributed by atoms with Crippen molar-refractivity contribution < 1.29 is 14.3 Å². The maximum atomic E-state index is 13.1. The second-order valence-electron chi connectivity index (χ2n) is 8.14. The minimum Gasteiger partial charge on any atom is -0.495 e. The Morgan fingerprint density at radius 3 is 2.41 bits per heavy atom. The van der Waals surface area contributed by atoms with Gasteiger partial charge in [-0.05, 0) is 25.0 Å². The molecule has 0 atom stereocenters. The number of aromatic nitrogens is 2. The number of hydrogen-bond donors (Lipinski definition) is 0. The van der Waals surface area contributed by atoms with Crippen molar-refractivity contribution in [2.45, 2.75) is 26.0 Å². The summed E-state index contributed by atoms with van der Waals surface area (Å²) in [6.45, 7) is 4.58. The zero-order valence-electron chi connectivity index (χ0n) is 18.8. The summed E-state index contributed by atoms with van der Waals surface area (Å²) in [5.74, 6) is 1.34. The highest BCUT2D eigenvalue weighted by Crippen LogP contribution is 2.28. The first-order valence-corrected chi connectivity index (χ1v) is 11.1. The van der Waals surface area contributed by atoms with Crippen LogP contribution in [0, 0.1) is 0 Å². The lowest BCUT2D eigenvalue weighted by Crippen LogP contribution is -2.50. The van der Waals surface area contributed by atoms with Crippen LogP contribution >= 0.6 is 0 Å². The highest BCUT2D eigenvalue weighted by atomic mass is 16.5. The van der Waals surface area contributed by atoms with Gasteiger partial charge in [-0.3, -0.25) is 14.2 Å². The number of nitrogens with zero attached hydrogens (tertiary/aromatic N) is 5. The fourth-order valence-corrected chi connectivity index (χ4v) is 4.39. The van der Waals surface area contributed by atoms with Crippen LogP contribution in [0.1, 0.15) is 18.5 Å². The highest BCUT2D eigenvalue weighted by molar-refractivity contribution is 5.77. The van der Waals surface area contributed by atoms with Gasteiger partial charge in [0.25, 0.3) is 5.56 Å². The third kappa shape index (κ3) is 4.72. The third-order valence-electron chi connectivity index (χ3n) is 6.07. The smallest absolute Gasteiger partial charge is 0.255 e. The van der Waals surface area contributed by atoms with E-state index in [1.54, 1.807) is 14.2 Å². The number of para-hydroxylation sites is 2. The van der Waals surface area contributed by atoms with E-state index in [1.807, 2.05) is 29.2 Å². The lowest BCUT2D eigenvalue weighted by atomic mass is 10.2. The Morgan fingerprint density at radius 2 is 1.72 bits per heavy atom. The van der Waals surface area contributed by atoms with Gasteiger partial charge in [0.2, 0.25) is 11.9 Å². The van der Waals surface area contributed by atoms with Gasteiger partial charge in [-0.2, -0.15) is 0 Å². The van der Waals surface area contributed by atoms with Crippen LogP contribution in [0.3, 0.4) is 0 Å². The van der Waals surface area contributed by atoms with E-state index in [1.165, 1.54) is 10.6 Å². The van der Waals surface area contributed by atoms with Gasteiger partial charge >= 0.3 is 0 Å². The van der Waals surface area contributed by atoms with Crippen LogP contribution in [-0.4, -0.2) is 73.8 Å². The quantitative estimate of drug-likeness (QED) is 0.642. The molecule has 2 fully saturated rings. The van der Waals surface area contributed by atoms with E-state index in [-0.39, 0.29) is 24.6 Å². The van der Waals surface area contributed by atoms with Gasteiger partial charge in [-0.25, -0.2) is 4.98 Å². The first-order valence-electron chi connectivity index (χ1n) is 11.1. The molecule has 0 unspecified atom stereocenters. The average Bonchev–Trinajstić information content (AvgIpc) is 3.35. The van der Waals surface area contributed by atoms with Gasteiger partial charge in [-0.15, -0.1) is 0 Å². The van der Waals surface area contributed by atoms with Crippen LogP contribution in [0.4, 0.5) is 11.6 Å². The topological polar surface area (TPSA) is 80.1 Å². The first-order chi connectivity index (χ1) is 15.6. The molecule has 2 saturated heterocycles. The number of carbonyl (C=O) groups is 1. The zero-order chi connectivity index (χ0) is 22.5. The molecule has 2 aliphatic heterocycles. The van der Waals surface area contributed by atoms with Crippen molar-refractivity contribution >= 4 is 17.5 Å². The van der Waals surface area contributed by atoms with Gasteiger partial charge in [-0.1, -0.05) is 12.1 Å². The monoisotopic (exact) mass is 441 g/mol. The standard InChI is InChI=1S/C23H31N5O4/c1-31-17-18-15-21(29)28(23(24-18)27-9-5-6-10-27)16-22(30)26-13-11-25(12-14-26)19-7-3-4-8-20(19)32-2/h3-4,7-8,15H,5-6,9-14,16-17H2,1-2H3. The van der Waals surface area contributed by atoms with Crippen molar-refractivity contribution in [3.05, 3.63) is 46.4 Å². The van der Waals surface area contributed by atoms with E-state index in [9.17, 15) is 9.59 Å². The molecule has 0 bridgehead atoms. The molecule has 32 heavy (non-hydrogen) atoms. The van der Waals surface area contributed by atoms with Crippen LogP contribution < -0.4 is 20.1 Å². The molecule has 172 valence electrons. The molecule has 0 N–H and O–H groups in total. The maximum absolute atomic E-state index is 13.1. The van der Waals surface area contributed by atoms with Crippen molar-refractivity contribution in [1.29, 1.82) is 0 Å². The predicted molar refractivity (Wildman–Crippen MR) is 122 cm³/mol. The van der Waals surface area contributed by atoms with Crippen LogP contribution in [0.25, 0.3) is 0 Å². The molecule has 9 nitrogen and oxygen atoms in total. The van der Waals surface area contributed by atoms with E-state index in [0.717, 1.165) is 37.4 Å². The van der Waals surface area contributed by atoms with E-state index in [0.29, 0.717) is 37.8 Å². The van der Waals surface area contributed by atoms with Crippen LogP contribution in [0.15, 0.2) is 35.1 Å². The Bertz CT molecular complexity index is 994. The van der Waals surface area contributed by atoms with E-state index in [4.69, 9.17) is 9.47 Å². The SMILES string of the molecule is COCc1cc(=O)n(CC(=O)N2CCN(c3ccccc3OC)CC2)c(N2CCCC2)n1. The van der Waals surface area contributed by atoms with Gasteiger partial charge in [0, 0.05) is 52.4 Å². The fourth-order valence-electron chi connectivity index (χ4n) is 4.39. The van der Waals surface area contributed by atoms with Crippen molar-refractivity contribution in [3.8, 4) is 5.75 Å². The number of anilines is 2. The number of carbonyl (C=O) groups excluding carboxylic acids is 1. The molecule has 3 heterocycles. The molecule has 0 radical (unpaired) electrons. The summed E-state index contributed by atoms with van der Waals surface area (Å²) in [7, 11) is 3.25. The largest absolute Gasteiger partial charge is 0.495 e. The number of amides is 1. The fraction of sp³-hybridized carbons (Fsp3) is 0.522.